The van der Waals surface area contributed by atoms with Gasteiger partial charge in [-0.3, -0.25) is 14.5 Å². The molecule has 3 aliphatic heterocycles. The minimum Gasteiger partial charge on any atom is -0.442 e. The van der Waals surface area contributed by atoms with E-state index >= 15 is 8.78 Å². The summed E-state index contributed by atoms with van der Waals surface area (Å²) < 4.78 is 35.9. The zero-order valence-electron chi connectivity index (χ0n) is 25.6. The summed E-state index contributed by atoms with van der Waals surface area (Å²) in [5.74, 6) is -1.21. The highest BCUT2D eigenvalue weighted by Crippen LogP contribution is 2.45. The first-order chi connectivity index (χ1) is 21.4. The molecule has 9 nitrogen and oxygen atoms in total. The van der Waals surface area contributed by atoms with Crippen molar-refractivity contribution in [2.75, 3.05) is 40.9 Å². The van der Waals surface area contributed by atoms with Gasteiger partial charge in [0, 0.05) is 43.4 Å². The van der Waals surface area contributed by atoms with Crippen molar-refractivity contribution >= 4 is 40.4 Å². The van der Waals surface area contributed by atoms with Crippen LogP contribution in [0.15, 0.2) is 48.7 Å². The van der Waals surface area contributed by atoms with E-state index < -0.39 is 29.4 Å². The van der Waals surface area contributed by atoms with Gasteiger partial charge in [0.25, 0.3) is 0 Å². The molecule has 45 heavy (non-hydrogen) atoms. The number of allylic oxidation sites excluding steroid dienone is 2. The summed E-state index contributed by atoms with van der Waals surface area (Å²) in [5, 5.41) is 14.0. The van der Waals surface area contributed by atoms with E-state index in [1.807, 2.05) is 17.2 Å². The van der Waals surface area contributed by atoms with Crippen molar-refractivity contribution in [3.63, 3.8) is 0 Å². The second kappa shape index (κ2) is 11.9. The summed E-state index contributed by atoms with van der Waals surface area (Å²) in [6.45, 7) is 8.20. The second-order valence-corrected chi connectivity index (χ2v) is 12.6. The molecule has 2 N–H and O–H groups in total. The number of nitrogens with one attached hydrogen (secondary N) is 1. The molecule has 0 spiro atoms. The van der Waals surface area contributed by atoms with Gasteiger partial charge >= 0.3 is 6.09 Å². The lowest BCUT2D eigenvalue weighted by Crippen LogP contribution is -2.45. The molecule has 1 saturated carbocycles. The quantitative estimate of drug-likeness (QED) is 0.413. The summed E-state index contributed by atoms with van der Waals surface area (Å²) >= 11 is 0. The predicted molar refractivity (Wildman–Crippen MR) is 167 cm³/mol. The number of aliphatic hydroxyl groups is 1. The Bertz CT molecular complexity index is 1600. The first-order valence-corrected chi connectivity index (χ1v) is 15.4. The average Bonchev–Trinajstić information content (AvgIpc) is 3.77. The minimum absolute atomic E-state index is 0.100. The number of ether oxygens (including phenoxy) is 1. The summed E-state index contributed by atoms with van der Waals surface area (Å²) in [4.78, 5) is 41.0. The monoisotopic (exact) mass is 620 g/mol. The highest BCUT2D eigenvalue weighted by atomic mass is 19.1. The number of cyclic esters (lactones) is 1. The molecule has 2 aromatic carbocycles. The number of anilines is 3. The van der Waals surface area contributed by atoms with E-state index in [1.165, 1.54) is 30.9 Å². The minimum atomic E-state index is -1.03. The number of halogens is 2. The molecule has 11 heteroatoms. The van der Waals surface area contributed by atoms with Gasteiger partial charge in [0.15, 0.2) is 5.78 Å². The number of hydrogen-bond acceptors (Lipinski definition) is 7. The summed E-state index contributed by atoms with van der Waals surface area (Å²) in [6, 6.07) is 8.14. The maximum atomic E-state index is 15.5. The maximum absolute atomic E-state index is 15.5. The fourth-order valence-electron chi connectivity index (χ4n) is 6.42. The molecule has 1 aliphatic carbocycles. The Balaban J connectivity index is 1.08. The summed E-state index contributed by atoms with van der Waals surface area (Å²) in [7, 11) is 0. The number of amides is 2. The fraction of sp³-hybridized carbons (Fsp3) is 0.441. The first-order valence-electron chi connectivity index (χ1n) is 15.4. The highest BCUT2D eigenvalue weighted by molar-refractivity contribution is 6.12. The van der Waals surface area contributed by atoms with Crippen molar-refractivity contribution in [3.05, 3.63) is 71.4 Å². The van der Waals surface area contributed by atoms with Crippen LogP contribution in [0.1, 0.15) is 57.1 Å². The molecule has 2 amide bonds. The number of carbonyl (C=O) groups is 3. The van der Waals surface area contributed by atoms with Crippen LogP contribution < -0.4 is 20.0 Å². The van der Waals surface area contributed by atoms with E-state index in [-0.39, 0.29) is 30.8 Å². The van der Waals surface area contributed by atoms with Crippen LogP contribution in [-0.2, 0) is 20.7 Å². The third kappa shape index (κ3) is 6.31. The van der Waals surface area contributed by atoms with Gasteiger partial charge in [-0.25, -0.2) is 13.6 Å². The molecule has 2 saturated heterocycles. The van der Waals surface area contributed by atoms with E-state index in [1.54, 1.807) is 12.1 Å². The van der Waals surface area contributed by atoms with Crippen LogP contribution in [0, 0.1) is 11.6 Å². The Labute approximate surface area is 261 Å². The number of carbonyl (C=O) groups excluding carboxylic acids is 3. The fourth-order valence-corrected chi connectivity index (χ4v) is 6.42. The summed E-state index contributed by atoms with van der Waals surface area (Å²) in [6.07, 6.45) is 4.16. The molecule has 1 unspecified atom stereocenters. The standard InChI is InChI=1S/C34H38F2N4O5/c1-20-27-15-30(36)32(16-31(27)39(24-6-7-24)19-28(20)21(2)41)38-12-10-34(44,11-13-38)9-8-23-4-5-25(14-29(23)35)40-18-26(45-33(40)43)17-37-22(3)42/h4-5,14-16,19,24,26,44H,1,6-13,17-18H2,2-3H3,(H,37,42). The molecule has 6 rings (SSSR count). The number of hydrogen-bond donors (Lipinski definition) is 2. The van der Waals surface area contributed by atoms with Crippen LogP contribution in [0.25, 0.3) is 5.57 Å². The summed E-state index contributed by atoms with van der Waals surface area (Å²) in [5.41, 5.74) is 2.71. The number of ketones is 1. The van der Waals surface area contributed by atoms with Crippen molar-refractivity contribution in [1.29, 1.82) is 0 Å². The van der Waals surface area contributed by atoms with Crippen molar-refractivity contribution in [2.45, 2.75) is 70.1 Å². The van der Waals surface area contributed by atoms with Crippen LogP contribution in [0.4, 0.5) is 30.6 Å². The first kappa shape index (κ1) is 30.8. The van der Waals surface area contributed by atoms with Crippen molar-refractivity contribution in [3.8, 4) is 0 Å². The molecule has 2 aromatic rings. The van der Waals surface area contributed by atoms with Gasteiger partial charge in [-0.05, 0) is 80.9 Å². The van der Waals surface area contributed by atoms with Crippen LogP contribution in [0.3, 0.4) is 0 Å². The number of benzene rings is 2. The Kier molecular flexibility index (Phi) is 8.15. The normalized spacial score (nSPS) is 21.0. The molecule has 3 heterocycles. The van der Waals surface area contributed by atoms with E-state index in [0.29, 0.717) is 72.4 Å². The van der Waals surface area contributed by atoms with E-state index in [2.05, 4.69) is 16.8 Å². The Morgan fingerprint density at radius 1 is 1.09 bits per heavy atom. The lowest BCUT2D eigenvalue weighted by Gasteiger charge is -2.40. The molecule has 0 radical (unpaired) electrons. The van der Waals surface area contributed by atoms with Crippen molar-refractivity contribution < 1.29 is 33.0 Å². The third-order valence-corrected chi connectivity index (χ3v) is 9.28. The van der Waals surface area contributed by atoms with Gasteiger partial charge in [-0.2, -0.15) is 0 Å². The molecular weight excluding hydrogens is 582 g/mol. The zero-order chi connectivity index (χ0) is 32.0. The number of aryl methyl sites for hydroxylation is 1. The molecule has 3 fully saturated rings. The lowest BCUT2D eigenvalue weighted by atomic mass is 9.85. The van der Waals surface area contributed by atoms with Crippen molar-refractivity contribution in [2.24, 2.45) is 0 Å². The molecule has 238 valence electrons. The topological polar surface area (TPSA) is 102 Å². The van der Waals surface area contributed by atoms with Crippen LogP contribution in [0.2, 0.25) is 0 Å². The molecule has 1 atom stereocenters. The smallest absolute Gasteiger partial charge is 0.414 e. The number of fused-ring (bicyclic) bond motifs is 1. The number of piperidine rings is 1. The Morgan fingerprint density at radius 3 is 2.47 bits per heavy atom. The largest absolute Gasteiger partial charge is 0.442 e. The van der Waals surface area contributed by atoms with E-state index in [4.69, 9.17) is 4.74 Å². The van der Waals surface area contributed by atoms with Gasteiger partial charge in [0.2, 0.25) is 5.91 Å². The van der Waals surface area contributed by atoms with Gasteiger partial charge in [0.05, 0.1) is 35.8 Å². The Hall–Kier alpha value is -4.25. The average molecular weight is 621 g/mol. The molecule has 0 bridgehead atoms. The molecular formula is C34H38F2N4O5. The number of Topliss-reactive ketones (excluding diaryl/α,β-unsaturated/α-hetero) is 1. The number of nitrogens with zero attached hydrogens (tertiary/aromatic N) is 3. The number of rotatable bonds is 9. The maximum Gasteiger partial charge on any atom is 0.414 e. The predicted octanol–water partition coefficient (Wildman–Crippen LogP) is 4.86. The van der Waals surface area contributed by atoms with Gasteiger partial charge < -0.3 is 25.0 Å². The van der Waals surface area contributed by atoms with Gasteiger partial charge in [-0.15, -0.1) is 0 Å². The second-order valence-electron chi connectivity index (χ2n) is 12.6. The van der Waals surface area contributed by atoms with E-state index in [9.17, 15) is 19.5 Å². The lowest BCUT2D eigenvalue weighted by molar-refractivity contribution is -0.119. The molecule has 4 aliphatic rings. The van der Waals surface area contributed by atoms with E-state index in [0.717, 1.165) is 18.5 Å². The van der Waals surface area contributed by atoms with Crippen LogP contribution in [-0.4, -0.2) is 66.8 Å². The molecule has 0 aromatic heterocycles. The third-order valence-electron chi connectivity index (χ3n) is 9.28. The Morgan fingerprint density at radius 2 is 1.82 bits per heavy atom. The van der Waals surface area contributed by atoms with Gasteiger partial charge in [-0.1, -0.05) is 12.6 Å². The SMILES string of the molecule is C=C1C(C(C)=O)=CN(C2CC2)c2cc(N3CCC(O)(CCc4ccc(N5CC(CNC(C)=O)OC5=O)cc4F)CC3)c(F)cc21. The van der Waals surface area contributed by atoms with Crippen molar-refractivity contribution in [1.82, 2.24) is 5.32 Å². The zero-order valence-corrected chi connectivity index (χ0v) is 25.6. The van der Waals surface area contributed by atoms with Gasteiger partial charge in [0.1, 0.15) is 17.7 Å². The van der Waals surface area contributed by atoms with Crippen LogP contribution in [0.5, 0.6) is 0 Å². The highest BCUT2D eigenvalue weighted by Gasteiger charge is 2.37. The van der Waals surface area contributed by atoms with Crippen LogP contribution >= 0.6 is 0 Å².